The number of Topliss-reactive ketones (excluding diaryl/α,β-unsaturated/α-hetero) is 1. The molecule has 0 radical (unpaired) electrons. The van der Waals surface area contributed by atoms with Gasteiger partial charge in [-0.2, -0.15) is 0 Å². The third-order valence-corrected chi connectivity index (χ3v) is 3.57. The van der Waals surface area contributed by atoms with Gasteiger partial charge in [-0.1, -0.05) is 29.8 Å². The van der Waals surface area contributed by atoms with Crippen molar-refractivity contribution in [3.63, 3.8) is 0 Å². The number of aryl methyl sites for hydroxylation is 1. The van der Waals surface area contributed by atoms with Crippen LogP contribution in [0.3, 0.4) is 0 Å². The largest absolute Gasteiger partial charge is 0.476 e. The van der Waals surface area contributed by atoms with Crippen LogP contribution in [0.4, 0.5) is 0 Å². The fourth-order valence-corrected chi connectivity index (χ4v) is 2.37. The molecule has 8 heteroatoms. The summed E-state index contributed by atoms with van der Waals surface area (Å²) in [6, 6.07) is 6.45. The van der Waals surface area contributed by atoms with E-state index in [1.54, 1.807) is 24.3 Å². The normalized spacial score (nSPS) is 14.2. The number of esters is 1. The first-order valence-electron chi connectivity index (χ1n) is 7.00. The number of nitro groups is 1. The Hall–Kier alpha value is -2.90. The topological polar surface area (TPSA) is 116 Å². The van der Waals surface area contributed by atoms with E-state index in [0.29, 0.717) is 5.56 Å². The summed E-state index contributed by atoms with van der Waals surface area (Å²) in [5.74, 6) is -5.38. The van der Waals surface area contributed by atoms with Crippen LogP contribution in [-0.2, 0) is 19.1 Å². The van der Waals surface area contributed by atoms with Crippen molar-refractivity contribution in [1.82, 2.24) is 0 Å². The van der Waals surface area contributed by atoms with Crippen molar-refractivity contribution < 1.29 is 29.1 Å². The summed E-state index contributed by atoms with van der Waals surface area (Å²) in [5.41, 5.74) is 0.408. The second kappa shape index (κ2) is 8.09. The summed E-state index contributed by atoms with van der Waals surface area (Å²) in [6.45, 7) is 2.95. The molecule has 8 nitrogen and oxygen atoms in total. The molecule has 0 bridgehead atoms. The van der Waals surface area contributed by atoms with E-state index in [1.165, 1.54) is 0 Å². The molecule has 0 saturated heterocycles. The van der Waals surface area contributed by atoms with Crippen molar-refractivity contribution in [2.45, 2.75) is 19.8 Å². The van der Waals surface area contributed by atoms with Gasteiger partial charge in [-0.05, 0) is 19.4 Å². The number of ether oxygens (including phenoxy) is 2. The van der Waals surface area contributed by atoms with Gasteiger partial charge in [-0.3, -0.25) is 19.7 Å². The van der Waals surface area contributed by atoms with Gasteiger partial charge in [0, 0.05) is 0 Å². The summed E-state index contributed by atoms with van der Waals surface area (Å²) >= 11 is 0. The molecule has 1 aromatic rings. The van der Waals surface area contributed by atoms with E-state index in [0.717, 1.165) is 26.7 Å². The molecule has 0 fully saturated rings. The van der Waals surface area contributed by atoms with E-state index in [4.69, 9.17) is 0 Å². The molecule has 0 aliphatic rings. The van der Waals surface area contributed by atoms with Crippen LogP contribution in [0.2, 0.25) is 0 Å². The molecule has 0 heterocycles. The summed E-state index contributed by atoms with van der Waals surface area (Å²) in [7, 11) is 2.13. The van der Waals surface area contributed by atoms with Gasteiger partial charge in [0.25, 0.3) is 0 Å². The highest BCUT2D eigenvalue weighted by Gasteiger charge is 2.45. The molecular formula is C16H19NO7. The maximum Gasteiger partial charge on any atom is 0.354 e. The Bertz CT molecular complexity index is 664. The van der Waals surface area contributed by atoms with Gasteiger partial charge < -0.3 is 14.6 Å². The number of hydrogen-bond acceptors (Lipinski definition) is 7. The minimum atomic E-state index is -1.49. The molecule has 0 aromatic heterocycles. The number of nitrogens with zero attached hydrogens (tertiary/aromatic N) is 1. The Balaban J connectivity index is 3.67. The van der Waals surface area contributed by atoms with E-state index >= 15 is 0 Å². The van der Waals surface area contributed by atoms with Crippen molar-refractivity contribution in [3.8, 4) is 0 Å². The zero-order valence-electron chi connectivity index (χ0n) is 13.8. The van der Waals surface area contributed by atoms with E-state index in [1.807, 2.05) is 6.92 Å². The van der Waals surface area contributed by atoms with Gasteiger partial charge in [0.1, 0.15) is 17.6 Å². The summed E-state index contributed by atoms with van der Waals surface area (Å²) in [5, 5.41) is 21.3. The Labute approximate surface area is 138 Å². The minimum Gasteiger partial charge on any atom is -0.476 e. The van der Waals surface area contributed by atoms with Crippen LogP contribution < -0.4 is 0 Å². The van der Waals surface area contributed by atoms with Gasteiger partial charge in [0.05, 0.1) is 19.1 Å². The van der Waals surface area contributed by atoms with Crippen molar-refractivity contribution in [2.75, 3.05) is 14.2 Å². The minimum absolute atomic E-state index is 0.307. The van der Waals surface area contributed by atoms with Gasteiger partial charge in [0.2, 0.25) is 0 Å². The predicted octanol–water partition coefficient (Wildman–Crippen LogP) is 2.11. The number of aliphatic hydroxyl groups is 1. The molecule has 2 unspecified atom stereocenters. The van der Waals surface area contributed by atoms with Crippen LogP contribution >= 0.6 is 0 Å². The van der Waals surface area contributed by atoms with E-state index < -0.39 is 40.2 Å². The molecule has 0 aliphatic heterocycles. The van der Waals surface area contributed by atoms with Gasteiger partial charge >= 0.3 is 17.6 Å². The number of aliphatic hydroxyl groups excluding tert-OH is 1. The smallest absolute Gasteiger partial charge is 0.354 e. The lowest BCUT2D eigenvalue weighted by Gasteiger charge is -2.21. The molecule has 0 spiro atoms. The molecule has 0 aliphatic carbocycles. The summed E-state index contributed by atoms with van der Waals surface area (Å²) < 4.78 is 9.19. The fourth-order valence-electron chi connectivity index (χ4n) is 2.37. The van der Waals surface area contributed by atoms with Gasteiger partial charge in [0.15, 0.2) is 0 Å². The van der Waals surface area contributed by atoms with E-state index in [2.05, 4.69) is 9.47 Å². The molecule has 1 aromatic carbocycles. The number of benzene rings is 1. The quantitative estimate of drug-likeness (QED) is 0.266. The lowest BCUT2D eigenvalue weighted by molar-refractivity contribution is -0.436. The Morgan fingerprint density at radius 2 is 1.71 bits per heavy atom. The third-order valence-electron chi connectivity index (χ3n) is 3.57. The maximum absolute atomic E-state index is 12.1. The van der Waals surface area contributed by atoms with Crippen LogP contribution in [0.5, 0.6) is 0 Å². The van der Waals surface area contributed by atoms with Gasteiger partial charge in [-0.25, -0.2) is 0 Å². The number of ketones is 1. The number of allylic oxidation sites excluding steroid dienone is 1. The molecule has 2 atom stereocenters. The summed E-state index contributed by atoms with van der Waals surface area (Å²) in [4.78, 5) is 34.6. The first kappa shape index (κ1) is 19.1. The van der Waals surface area contributed by atoms with Crippen LogP contribution in [0.25, 0.3) is 0 Å². The second-order valence-corrected chi connectivity index (χ2v) is 5.15. The van der Waals surface area contributed by atoms with Crippen LogP contribution in [0.1, 0.15) is 24.0 Å². The van der Waals surface area contributed by atoms with Crippen molar-refractivity contribution in [1.29, 1.82) is 0 Å². The highest BCUT2D eigenvalue weighted by molar-refractivity contribution is 5.99. The SMILES string of the molecule is COC(=O)C(C(C)=O)C(C(=C(O)OC)[N+](=O)[O-])c1ccc(C)cc1. The number of methoxy groups -OCH3 is 2. The molecule has 24 heavy (non-hydrogen) atoms. The highest BCUT2D eigenvalue weighted by Crippen LogP contribution is 2.35. The number of rotatable bonds is 7. The molecule has 130 valence electrons. The summed E-state index contributed by atoms with van der Waals surface area (Å²) in [6.07, 6.45) is 0. The van der Waals surface area contributed by atoms with Crippen molar-refractivity contribution in [3.05, 3.63) is 57.1 Å². The zero-order valence-corrected chi connectivity index (χ0v) is 13.8. The Morgan fingerprint density at radius 1 is 1.17 bits per heavy atom. The Kier molecular flexibility index (Phi) is 6.46. The van der Waals surface area contributed by atoms with Crippen LogP contribution in [0.15, 0.2) is 35.9 Å². The second-order valence-electron chi connectivity index (χ2n) is 5.15. The third kappa shape index (κ3) is 4.09. The van der Waals surface area contributed by atoms with Crippen molar-refractivity contribution in [2.24, 2.45) is 5.92 Å². The molecule has 1 N–H and O–H groups in total. The van der Waals surface area contributed by atoms with Crippen molar-refractivity contribution >= 4 is 11.8 Å². The number of carbonyl (C=O) groups is 2. The standard InChI is InChI=1S/C16H19NO7/c1-9-5-7-11(8-6-9)13(12(10(2)18)15(19)23-3)14(17(21)22)16(20)24-4/h5-8,12-13,20H,1-4H3. The van der Waals surface area contributed by atoms with E-state index in [9.17, 15) is 24.8 Å². The maximum atomic E-state index is 12.1. The average Bonchev–Trinajstić information content (AvgIpc) is 2.53. The number of hydrogen-bond donors (Lipinski definition) is 1. The first-order chi connectivity index (χ1) is 11.2. The lowest BCUT2D eigenvalue weighted by atomic mass is 9.81. The fraction of sp³-hybridized carbons (Fsp3) is 0.375. The number of carbonyl (C=O) groups excluding carboxylic acids is 2. The lowest BCUT2D eigenvalue weighted by Crippen LogP contribution is -2.33. The Morgan fingerprint density at radius 3 is 2.08 bits per heavy atom. The predicted molar refractivity (Wildman–Crippen MR) is 83.8 cm³/mol. The first-order valence-corrected chi connectivity index (χ1v) is 7.00. The van der Waals surface area contributed by atoms with Crippen LogP contribution in [0, 0.1) is 23.0 Å². The monoisotopic (exact) mass is 337 g/mol. The zero-order chi connectivity index (χ0) is 18.4. The van der Waals surface area contributed by atoms with Gasteiger partial charge in [-0.15, -0.1) is 0 Å². The molecular weight excluding hydrogens is 318 g/mol. The molecule has 0 amide bonds. The molecule has 0 saturated carbocycles. The van der Waals surface area contributed by atoms with Crippen LogP contribution in [-0.4, -0.2) is 36.0 Å². The average molecular weight is 337 g/mol. The van der Waals surface area contributed by atoms with E-state index in [-0.39, 0.29) is 0 Å². The highest BCUT2D eigenvalue weighted by atomic mass is 16.6. The molecule has 1 rings (SSSR count).